The van der Waals surface area contributed by atoms with Crippen LogP contribution in [0.5, 0.6) is 0 Å². The molecule has 1 amide bonds. The van der Waals surface area contributed by atoms with Gasteiger partial charge in [0.25, 0.3) is 0 Å². The number of rotatable bonds is 7. The maximum absolute atomic E-state index is 12.9. The van der Waals surface area contributed by atoms with Crippen molar-refractivity contribution in [3.8, 4) is 28.6 Å². The summed E-state index contributed by atoms with van der Waals surface area (Å²) in [5, 5.41) is 21.7. The number of aromatic nitrogens is 6. The van der Waals surface area contributed by atoms with Gasteiger partial charge in [-0.15, -0.1) is 0 Å². The summed E-state index contributed by atoms with van der Waals surface area (Å²) in [5.41, 5.74) is 3.82. The lowest BCUT2D eigenvalue weighted by Gasteiger charge is -2.41. The van der Waals surface area contributed by atoms with Crippen molar-refractivity contribution in [1.82, 2.24) is 34.7 Å². The van der Waals surface area contributed by atoms with Crippen LogP contribution in [0.15, 0.2) is 43.1 Å². The Morgan fingerprint density at radius 2 is 1.85 bits per heavy atom. The molecule has 10 nitrogen and oxygen atoms in total. The van der Waals surface area contributed by atoms with Crippen molar-refractivity contribution < 1.29 is 4.79 Å². The second-order valence-electron chi connectivity index (χ2n) is 10.9. The molecule has 5 rings (SSSR count). The summed E-state index contributed by atoms with van der Waals surface area (Å²) in [4.78, 5) is 24.9. The highest BCUT2D eigenvalue weighted by molar-refractivity contribution is 5.84. The number of piperidine rings is 1. The lowest BCUT2D eigenvalue weighted by molar-refractivity contribution is -0.133. The molecule has 0 aromatic carbocycles. The van der Waals surface area contributed by atoms with Gasteiger partial charge < -0.3 is 10.2 Å². The van der Waals surface area contributed by atoms with E-state index < -0.39 is 0 Å². The monoisotopic (exact) mass is 525 g/mol. The van der Waals surface area contributed by atoms with E-state index >= 15 is 0 Å². The van der Waals surface area contributed by atoms with Gasteiger partial charge in [0.15, 0.2) is 0 Å². The number of anilines is 1. The summed E-state index contributed by atoms with van der Waals surface area (Å²) in [6.45, 7) is 11.8. The van der Waals surface area contributed by atoms with Gasteiger partial charge in [-0.3, -0.25) is 9.48 Å². The average molecular weight is 526 g/mol. The fourth-order valence-electron chi connectivity index (χ4n) is 5.22. The van der Waals surface area contributed by atoms with Crippen LogP contribution in [0.1, 0.15) is 65.5 Å². The number of nitrogens with one attached hydrogen (secondary N) is 1. The maximum Gasteiger partial charge on any atom is 0.226 e. The molecular weight excluding hydrogens is 490 g/mol. The van der Waals surface area contributed by atoms with E-state index in [4.69, 9.17) is 9.97 Å². The highest BCUT2D eigenvalue weighted by Gasteiger charge is 2.40. The second kappa shape index (κ2) is 10.5. The third kappa shape index (κ3) is 4.97. The highest BCUT2D eigenvalue weighted by atomic mass is 16.2. The maximum atomic E-state index is 12.9. The van der Waals surface area contributed by atoms with Gasteiger partial charge >= 0.3 is 0 Å². The van der Waals surface area contributed by atoms with Crippen molar-refractivity contribution in [2.75, 3.05) is 18.0 Å². The zero-order valence-corrected chi connectivity index (χ0v) is 23.2. The Morgan fingerprint density at radius 3 is 2.44 bits per heavy atom. The quantitative estimate of drug-likeness (QED) is 0.374. The van der Waals surface area contributed by atoms with Gasteiger partial charge in [-0.05, 0) is 59.1 Å². The third-order valence-electron chi connectivity index (χ3n) is 7.69. The first-order valence-electron chi connectivity index (χ1n) is 13.6. The highest BCUT2D eigenvalue weighted by Crippen LogP contribution is 2.37. The van der Waals surface area contributed by atoms with E-state index in [1.807, 2.05) is 43.1 Å². The van der Waals surface area contributed by atoms with E-state index in [1.165, 1.54) is 0 Å². The van der Waals surface area contributed by atoms with Crippen LogP contribution in [0.4, 0.5) is 5.82 Å². The molecule has 0 bridgehead atoms. The number of pyridine rings is 1. The first-order valence-corrected chi connectivity index (χ1v) is 13.6. The summed E-state index contributed by atoms with van der Waals surface area (Å²) in [6, 6.07) is 6.59. The normalized spacial score (nSPS) is 15.2. The smallest absolute Gasteiger partial charge is 0.226 e. The van der Waals surface area contributed by atoms with Crippen LogP contribution in [-0.2, 0) is 4.79 Å². The minimum Gasteiger partial charge on any atom is -0.357 e. The van der Waals surface area contributed by atoms with Gasteiger partial charge in [0.2, 0.25) is 5.91 Å². The topological polar surface area (TPSA) is 117 Å². The Labute approximate surface area is 228 Å². The molecule has 0 aliphatic carbocycles. The summed E-state index contributed by atoms with van der Waals surface area (Å²) in [5.74, 6) is 1.03. The van der Waals surface area contributed by atoms with Gasteiger partial charge in [0.1, 0.15) is 23.0 Å². The molecule has 0 spiro atoms. The Morgan fingerprint density at radius 1 is 1.08 bits per heavy atom. The summed E-state index contributed by atoms with van der Waals surface area (Å²) in [6.07, 6.45) is 11.4. The van der Waals surface area contributed by atoms with Crippen molar-refractivity contribution >= 4 is 17.2 Å². The molecule has 0 saturated carbocycles. The molecule has 10 heteroatoms. The van der Waals surface area contributed by atoms with Crippen LogP contribution in [0, 0.1) is 16.7 Å². The van der Waals surface area contributed by atoms with E-state index in [2.05, 4.69) is 47.3 Å². The number of carbonyl (C=O) groups excluding carboxylic acids is 1. The molecule has 4 aromatic rings. The molecule has 1 fully saturated rings. The fourth-order valence-corrected chi connectivity index (χ4v) is 5.22. The van der Waals surface area contributed by atoms with E-state index in [-0.39, 0.29) is 23.4 Å². The van der Waals surface area contributed by atoms with Gasteiger partial charge in [0.05, 0.1) is 35.4 Å². The summed E-state index contributed by atoms with van der Waals surface area (Å²) < 4.78 is 3.59. The Hall–Kier alpha value is -4.26. The van der Waals surface area contributed by atoms with Crippen molar-refractivity contribution in [3.63, 3.8) is 0 Å². The standard InChI is InChI=1S/C29H35N9O/c1-6-29(28(39)34-19(2)3)9-11-36(12-10-29)25-8-7-21(14-31-25)26-27-22(13-30)15-33-38(27)18-24(35-26)23-16-32-37(17-23)20(4)5/h7-8,14-20H,6,9-12H2,1-5H3,(H,34,39). The average Bonchev–Trinajstić information content (AvgIpc) is 3.60. The molecule has 0 unspecified atom stereocenters. The number of fused-ring (bicyclic) bond motifs is 1. The van der Waals surface area contributed by atoms with Gasteiger partial charge in [0, 0.05) is 48.7 Å². The van der Waals surface area contributed by atoms with Crippen molar-refractivity contribution in [2.24, 2.45) is 5.41 Å². The molecule has 1 saturated heterocycles. The van der Waals surface area contributed by atoms with Gasteiger partial charge in [-0.1, -0.05) is 6.92 Å². The molecule has 0 atom stereocenters. The molecule has 39 heavy (non-hydrogen) atoms. The van der Waals surface area contributed by atoms with E-state index in [9.17, 15) is 10.1 Å². The second-order valence-corrected chi connectivity index (χ2v) is 10.9. The Bertz CT molecular complexity index is 1520. The molecule has 1 N–H and O–H groups in total. The number of hydrogen-bond donors (Lipinski definition) is 1. The first-order chi connectivity index (χ1) is 18.7. The largest absolute Gasteiger partial charge is 0.357 e. The van der Waals surface area contributed by atoms with Crippen LogP contribution in [-0.4, -0.2) is 54.4 Å². The first kappa shape index (κ1) is 26.4. The van der Waals surface area contributed by atoms with Crippen molar-refractivity contribution in [1.29, 1.82) is 5.26 Å². The fraction of sp³-hybridized carbons (Fsp3) is 0.448. The third-order valence-corrected chi connectivity index (χ3v) is 7.69. The molecule has 1 aliphatic heterocycles. The van der Waals surface area contributed by atoms with Crippen LogP contribution in [0.2, 0.25) is 0 Å². The number of carbonyl (C=O) groups is 1. The van der Waals surface area contributed by atoms with E-state index in [1.54, 1.807) is 23.1 Å². The summed E-state index contributed by atoms with van der Waals surface area (Å²) >= 11 is 0. The SMILES string of the molecule is CCC1(C(=O)NC(C)C)CCN(c2ccc(-c3nc(-c4cnn(C(C)C)c4)cn4ncc(C#N)c34)cn2)CC1. The van der Waals surface area contributed by atoms with Gasteiger partial charge in [-0.2, -0.15) is 15.5 Å². The molecule has 4 aromatic heterocycles. The Balaban J connectivity index is 1.43. The number of nitrogens with zero attached hydrogens (tertiary/aromatic N) is 8. The molecule has 202 valence electrons. The van der Waals surface area contributed by atoms with Crippen molar-refractivity contribution in [3.05, 3.63) is 48.7 Å². The molecular formula is C29H35N9O. The van der Waals surface area contributed by atoms with Crippen molar-refractivity contribution in [2.45, 2.75) is 66.0 Å². The number of nitriles is 1. The summed E-state index contributed by atoms with van der Waals surface area (Å²) in [7, 11) is 0. The number of hydrogen-bond acceptors (Lipinski definition) is 7. The predicted octanol–water partition coefficient (Wildman–Crippen LogP) is 4.63. The minimum absolute atomic E-state index is 0.135. The van der Waals surface area contributed by atoms with Crippen LogP contribution in [0.25, 0.3) is 28.0 Å². The van der Waals surface area contributed by atoms with E-state index in [0.717, 1.165) is 49.3 Å². The van der Waals surface area contributed by atoms with E-state index in [0.29, 0.717) is 22.5 Å². The van der Waals surface area contributed by atoms with Crippen LogP contribution >= 0.6 is 0 Å². The van der Waals surface area contributed by atoms with Gasteiger partial charge in [-0.25, -0.2) is 14.5 Å². The molecule has 5 heterocycles. The van der Waals surface area contributed by atoms with Crippen LogP contribution < -0.4 is 10.2 Å². The lowest BCUT2D eigenvalue weighted by atomic mass is 9.75. The lowest BCUT2D eigenvalue weighted by Crippen LogP contribution is -2.50. The Kier molecular flexibility index (Phi) is 7.08. The molecule has 0 radical (unpaired) electrons. The minimum atomic E-state index is -0.324. The number of amides is 1. The zero-order valence-electron chi connectivity index (χ0n) is 23.2. The molecule has 1 aliphatic rings. The zero-order chi connectivity index (χ0) is 27.7. The van der Waals surface area contributed by atoms with Crippen LogP contribution in [0.3, 0.4) is 0 Å². The predicted molar refractivity (Wildman–Crippen MR) is 150 cm³/mol.